The first-order valence-electron chi connectivity index (χ1n) is 10.6. The molecule has 34 heavy (non-hydrogen) atoms. The van der Waals surface area contributed by atoms with Crippen LogP contribution in [-0.2, 0) is 4.79 Å². The molecule has 0 bridgehead atoms. The number of aromatic nitrogens is 2. The van der Waals surface area contributed by atoms with E-state index in [4.69, 9.17) is 4.74 Å². The molecule has 4 rings (SSSR count). The van der Waals surface area contributed by atoms with Crippen molar-refractivity contribution in [2.24, 2.45) is 0 Å². The van der Waals surface area contributed by atoms with E-state index >= 15 is 0 Å². The van der Waals surface area contributed by atoms with Gasteiger partial charge in [-0.2, -0.15) is 10.2 Å². The highest BCUT2D eigenvalue weighted by Crippen LogP contribution is 2.27. The lowest BCUT2D eigenvalue weighted by Gasteiger charge is -2.13. The van der Waals surface area contributed by atoms with Gasteiger partial charge < -0.3 is 10.1 Å². The molecule has 0 fully saturated rings. The van der Waals surface area contributed by atoms with E-state index in [-0.39, 0.29) is 17.0 Å². The molecule has 2 heterocycles. The van der Waals surface area contributed by atoms with E-state index in [1.54, 1.807) is 36.5 Å². The van der Waals surface area contributed by atoms with Crippen molar-refractivity contribution >= 4 is 23.3 Å². The zero-order chi connectivity index (χ0) is 24.2. The van der Waals surface area contributed by atoms with Crippen LogP contribution < -0.4 is 15.6 Å². The van der Waals surface area contributed by atoms with E-state index in [1.807, 2.05) is 57.2 Å². The monoisotopic (exact) mass is 450 g/mol. The number of rotatable bonds is 5. The number of hydrogen-bond donors (Lipinski definition) is 1. The fourth-order valence-electron chi connectivity index (χ4n) is 3.48. The quantitative estimate of drug-likeness (QED) is 0.342. The molecule has 168 valence electrons. The number of anilines is 1. The van der Waals surface area contributed by atoms with Gasteiger partial charge in [0.25, 0.3) is 11.5 Å². The van der Waals surface area contributed by atoms with Gasteiger partial charge in [-0.25, -0.2) is 0 Å². The first-order chi connectivity index (χ1) is 16.4. The molecule has 7 nitrogen and oxygen atoms in total. The minimum Gasteiger partial charge on any atom is -0.438 e. The molecule has 0 aliphatic carbocycles. The normalized spacial score (nSPS) is 11.2. The summed E-state index contributed by atoms with van der Waals surface area (Å²) in [5.74, 6) is -0.0990. The third kappa shape index (κ3) is 4.57. The van der Waals surface area contributed by atoms with E-state index < -0.39 is 11.5 Å². The summed E-state index contributed by atoms with van der Waals surface area (Å²) < 4.78 is 7.41. The molecule has 0 aliphatic rings. The summed E-state index contributed by atoms with van der Waals surface area (Å²) in [4.78, 5) is 30.8. The second-order valence-corrected chi connectivity index (χ2v) is 7.88. The van der Waals surface area contributed by atoms with E-state index in [0.29, 0.717) is 17.1 Å². The van der Waals surface area contributed by atoms with Gasteiger partial charge in [-0.05, 0) is 67.8 Å². The summed E-state index contributed by atoms with van der Waals surface area (Å²) >= 11 is 0. The lowest BCUT2D eigenvalue weighted by molar-refractivity contribution is -0.112. The van der Waals surface area contributed by atoms with Crippen molar-refractivity contribution in [3.63, 3.8) is 0 Å². The number of amides is 1. The number of benzene rings is 2. The number of carbonyl (C=O) groups is 1. The molecule has 4 aromatic rings. The molecule has 2 aromatic carbocycles. The van der Waals surface area contributed by atoms with Crippen molar-refractivity contribution in [1.29, 1.82) is 5.26 Å². The molecule has 0 saturated heterocycles. The first-order valence-corrected chi connectivity index (χ1v) is 10.6. The van der Waals surface area contributed by atoms with Crippen LogP contribution in [0.4, 0.5) is 5.69 Å². The highest BCUT2D eigenvalue weighted by Gasteiger charge is 2.18. The maximum Gasteiger partial charge on any atom is 0.269 e. The standard InChI is InChI=1S/C27H22N4O3/c1-17-8-6-11-21(14-17)29-25(32)20(16-28)15-22-26(34-23-12-5-4-9-18(23)2)30-24-19(3)10-7-13-31(24)27(22)33/h4-15H,1-3H3,(H,29,32)/b20-15-. The summed E-state index contributed by atoms with van der Waals surface area (Å²) in [5.41, 5.74) is 2.87. The molecular formula is C27H22N4O3. The zero-order valence-corrected chi connectivity index (χ0v) is 19.0. The number of para-hydroxylation sites is 1. The number of hydrogen-bond acceptors (Lipinski definition) is 5. The number of pyridine rings is 1. The van der Waals surface area contributed by atoms with Gasteiger partial charge in [0.15, 0.2) is 0 Å². The minimum absolute atomic E-state index is 0.00213. The third-order valence-electron chi connectivity index (χ3n) is 5.28. The van der Waals surface area contributed by atoms with Gasteiger partial charge in [-0.15, -0.1) is 0 Å². The Morgan fingerprint density at radius 3 is 2.56 bits per heavy atom. The molecule has 0 spiro atoms. The predicted octanol–water partition coefficient (Wildman–Crippen LogP) is 4.96. The lowest BCUT2D eigenvalue weighted by Crippen LogP contribution is -2.20. The maximum absolute atomic E-state index is 13.4. The number of fused-ring (bicyclic) bond motifs is 1. The summed E-state index contributed by atoms with van der Waals surface area (Å²) in [6.07, 6.45) is 2.81. The molecule has 1 amide bonds. The molecule has 0 saturated carbocycles. The number of nitrogens with one attached hydrogen (secondary N) is 1. The highest BCUT2D eigenvalue weighted by molar-refractivity contribution is 6.09. The molecule has 0 aliphatic heterocycles. The van der Waals surface area contributed by atoms with Gasteiger partial charge in [0.1, 0.15) is 28.6 Å². The van der Waals surface area contributed by atoms with Crippen molar-refractivity contribution in [2.45, 2.75) is 20.8 Å². The van der Waals surface area contributed by atoms with Crippen LogP contribution in [0.2, 0.25) is 0 Å². The Morgan fingerprint density at radius 2 is 1.82 bits per heavy atom. The maximum atomic E-state index is 13.4. The SMILES string of the molecule is Cc1cccc(NC(=O)/C(C#N)=C\c2c(Oc3ccccc3C)nc3c(C)cccn3c2=O)c1. The Bertz CT molecular complexity index is 1540. The minimum atomic E-state index is -0.635. The van der Waals surface area contributed by atoms with Gasteiger partial charge in [0.05, 0.1) is 0 Å². The van der Waals surface area contributed by atoms with Crippen LogP contribution in [0.3, 0.4) is 0 Å². The van der Waals surface area contributed by atoms with Gasteiger partial charge in [0.2, 0.25) is 5.88 Å². The zero-order valence-electron chi connectivity index (χ0n) is 19.0. The number of aryl methyl sites for hydroxylation is 3. The van der Waals surface area contributed by atoms with E-state index in [9.17, 15) is 14.9 Å². The largest absolute Gasteiger partial charge is 0.438 e. The van der Waals surface area contributed by atoms with Crippen molar-refractivity contribution in [2.75, 3.05) is 5.32 Å². The predicted molar refractivity (Wildman–Crippen MR) is 131 cm³/mol. The smallest absolute Gasteiger partial charge is 0.269 e. The average Bonchev–Trinajstić information content (AvgIpc) is 2.81. The summed E-state index contributed by atoms with van der Waals surface area (Å²) in [6.45, 7) is 5.61. The molecule has 7 heteroatoms. The number of ether oxygens (including phenoxy) is 1. The molecule has 1 N–H and O–H groups in total. The van der Waals surface area contributed by atoms with Crippen molar-refractivity contribution in [1.82, 2.24) is 9.38 Å². The van der Waals surface area contributed by atoms with E-state index in [1.165, 1.54) is 10.5 Å². The fraction of sp³-hybridized carbons (Fsp3) is 0.111. The average molecular weight is 450 g/mol. The Hall–Kier alpha value is -4.70. The van der Waals surface area contributed by atoms with Crippen molar-refractivity contribution < 1.29 is 9.53 Å². The van der Waals surface area contributed by atoms with Crippen LogP contribution in [0.5, 0.6) is 11.6 Å². The second-order valence-electron chi connectivity index (χ2n) is 7.88. The number of carbonyl (C=O) groups excluding carboxylic acids is 1. The van der Waals surface area contributed by atoms with E-state index in [0.717, 1.165) is 16.7 Å². The van der Waals surface area contributed by atoms with E-state index in [2.05, 4.69) is 10.3 Å². The van der Waals surface area contributed by atoms with Gasteiger partial charge in [-0.1, -0.05) is 36.4 Å². The Balaban J connectivity index is 1.85. The number of nitrogens with zero attached hydrogens (tertiary/aromatic N) is 3. The molecule has 0 unspecified atom stereocenters. The Morgan fingerprint density at radius 1 is 1.06 bits per heavy atom. The summed E-state index contributed by atoms with van der Waals surface area (Å²) in [5, 5.41) is 12.4. The molecule has 0 atom stereocenters. The van der Waals surface area contributed by atoms with Crippen molar-refractivity contribution in [3.05, 3.63) is 105 Å². The molecule has 2 aromatic heterocycles. The van der Waals surface area contributed by atoms with Crippen LogP contribution in [0, 0.1) is 32.1 Å². The summed E-state index contributed by atoms with van der Waals surface area (Å²) in [6, 6.07) is 20.0. The van der Waals surface area contributed by atoms with Crippen LogP contribution >= 0.6 is 0 Å². The topological polar surface area (TPSA) is 96.5 Å². The van der Waals surface area contributed by atoms with Crippen LogP contribution in [0.1, 0.15) is 22.3 Å². The first kappa shape index (κ1) is 22.5. The van der Waals surface area contributed by atoms with Crippen LogP contribution in [0.15, 0.2) is 77.2 Å². The Kier molecular flexibility index (Phi) is 6.24. The lowest BCUT2D eigenvalue weighted by atomic mass is 10.1. The van der Waals surface area contributed by atoms with Gasteiger partial charge in [0, 0.05) is 11.9 Å². The summed E-state index contributed by atoms with van der Waals surface area (Å²) in [7, 11) is 0. The van der Waals surface area contributed by atoms with Gasteiger partial charge in [-0.3, -0.25) is 14.0 Å². The number of nitriles is 1. The van der Waals surface area contributed by atoms with Crippen molar-refractivity contribution in [3.8, 4) is 17.7 Å². The molecule has 0 radical (unpaired) electrons. The molecular weight excluding hydrogens is 428 g/mol. The van der Waals surface area contributed by atoms with Gasteiger partial charge >= 0.3 is 0 Å². The Labute approximate surface area is 196 Å². The second kappa shape index (κ2) is 9.43. The highest BCUT2D eigenvalue weighted by atomic mass is 16.5. The van der Waals surface area contributed by atoms with Crippen LogP contribution in [-0.4, -0.2) is 15.3 Å². The fourth-order valence-corrected chi connectivity index (χ4v) is 3.48. The van der Waals surface area contributed by atoms with Crippen LogP contribution in [0.25, 0.3) is 11.7 Å². The third-order valence-corrected chi connectivity index (χ3v) is 5.28.